The van der Waals surface area contributed by atoms with Gasteiger partial charge in [0, 0.05) is 11.3 Å². The van der Waals surface area contributed by atoms with Crippen LogP contribution in [-0.2, 0) is 11.8 Å². The molecule has 1 heterocycles. The van der Waals surface area contributed by atoms with E-state index in [1.807, 2.05) is 0 Å². The lowest BCUT2D eigenvalue weighted by Gasteiger charge is -2.19. The quantitative estimate of drug-likeness (QED) is 0.523. The molecule has 1 aromatic carbocycles. The van der Waals surface area contributed by atoms with E-state index in [1.54, 1.807) is 16.9 Å². The summed E-state index contributed by atoms with van der Waals surface area (Å²) >= 11 is 1.77. The molecule has 0 bridgehead atoms. The van der Waals surface area contributed by atoms with Crippen molar-refractivity contribution in [1.82, 2.24) is 4.98 Å². The van der Waals surface area contributed by atoms with Crippen LogP contribution in [0.4, 0.5) is 0 Å². The molecule has 0 unspecified atom stereocenters. The Hall–Kier alpha value is -1.41. The molecule has 1 aromatic heterocycles. The highest BCUT2D eigenvalue weighted by atomic mass is 32.1. The van der Waals surface area contributed by atoms with E-state index in [9.17, 15) is 0 Å². The second-order valence-corrected chi connectivity index (χ2v) is 10.5. The van der Waals surface area contributed by atoms with Crippen molar-refractivity contribution in [2.24, 2.45) is 5.92 Å². The molecule has 148 valence electrons. The van der Waals surface area contributed by atoms with E-state index in [4.69, 9.17) is 0 Å². The number of hydrogen-bond acceptors (Lipinski definition) is 2. The van der Waals surface area contributed by atoms with E-state index < -0.39 is 0 Å². The molecule has 0 N–H and O–H groups in total. The van der Waals surface area contributed by atoms with E-state index in [0.29, 0.717) is 17.8 Å². The van der Waals surface area contributed by atoms with Crippen LogP contribution in [0, 0.1) is 5.92 Å². The highest BCUT2D eigenvalue weighted by Crippen LogP contribution is 2.33. The van der Waals surface area contributed by atoms with Gasteiger partial charge >= 0.3 is 0 Å². The Morgan fingerprint density at radius 1 is 0.926 bits per heavy atom. The molecule has 0 fully saturated rings. The molecule has 0 aliphatic heterocycles. The van der Waals surface area contributed by atoms with Gasteiger partial charge in [-0.3, -0.25) is 0 Å². The number of hydrogen-bond donors (Lipinski definition) is 0. The first-order valence-corrected chi connectivity index (χ1v) is 11.2. The normalized spacial score (nSPS) is 13.7. The van der Waals surface area contributed by atoms with Crippen LogP contribution in [-0.4, -0.2) is 4.98 Å². The van der Waals surface area contributed by atoms with E-state index in [0.717, 1.165) is 6.42 Å². The first kappa shape index (κ1) is 21.9. The molecule has 0 spiro atoms. The number of fused-ring (bicyclic) bond motifs is 1. The van der Waals surface area contributed by atoms with Crippen molar-refractivity contribution in [1.29, 1.82) is 0 Å². The van der Waals surface area contributed by atoms with Gasteiger partial charge in [0.1, 0.15) is 0 Å². The van der Waals surface area contributed by atoms with Crippen molar-refractivity contribution < 1.29 is 0 Å². The molecule has 2 heteroatoms. The first-order chi connectivity index (χ1) is 12.5. The Morgan fingerprint density at radius 3 is 2.04 bits per heavy atom. The first-order valence-electron chi connectivity index (χ1n) is 10.3. The molecule has 0 amide bonds. The fourth-order valence-electron chi connectivity index (χ4n) is 3.03. The minimum Gasteiger partial charge on any atom is -0.246 e. The molecular formula is C25H37NS. The third-order valence-electron chi connectivity index (χ3n) is 5.11. The molecule has 0 radical (unpaired) electrons. The van der Waals surface area contributed by atoms with E-state index in [1.165, 1.54) is 27.4 Å². The van der Waals surface area contributed by atoms with Gasteiger partial charge in [-0.15, -0.1) is 11.3 Å². The SMILES string of the molecule is CC(C)C1=Cc2cc(C(C)(C)C)ccc2C1.CC(C)c1csc(C(C)C)n1. The smallest absolute Gasteiger partial charge is 0.0953 e. The summed E-state index contributed by atoms with van der Waals surface area (Å²) in [6.07, 6.45) is 3.53. The van der Waals surface area contributed by atoms with Gasteiger partial charge in [0.05, 0.1) is 10.7 Å². The second kappa shape index (κ2) is 8.73. The van der Waals surface area contributed by atoms with E-state index in [-0.39, 0.29) is 5.41 Å². The van der Waals surface area contributed by atoms with Crippen LogP contribution in [0.25, 0.3) is 6.08 Å². The summed E-state index contributed by atoms with van der Waals surface area (Å²) in [5, 5.41) is 3.42. The zero-order chi connectivity index (χ0) is 20.4. The topological polar surface area (TPSA) is 12.9 Å². The third-order valence-corrected chi connectivity index (χ3v) is 6.28. The molecule has 2 aromatic rings. The zero-order valence-corrected chi connectivity index (χ0v) is 19.5. The lowest BCUT2D eigenvalue weighted by molar-refractivity contribution is 0.590. The summed E-state index contributed by atoms with van der Waals surface area (Å²) in [6, 6.07) is 6.96. The van der Waals surface area contributed by atoms with Crippen LogP contribution in [0.5, 0.6) is 0 Å². The summed E-state index contributed by atoms with van der Waals surface area (Å²) in [4.78, 5) is 4.53. The van der Waals surface area contributed by atoms with Crippen molar-refractivity contribution in [3.8, 4) is 0 Å². The van der Waals surface area contributed by atoms with Gasteiger partial charge in [0.2, 0.25) is 0 Å². The highest BCUT2D eigenvalue weighted by molar-refractivity contribution is 7.09. The number of allylic oxidation sites excluding steroid dienone is 1. The van der Waals surface area contributed by atoms with Gasteiger partial charge in [-0.1, -0.05) is 92.2 Å². The summed E-state index contributed by atoms with van der Waals surface area (Å²) in [6.45, 7) is 20.1. The maximum absolute atomic E-state index is 4.53. The number of nitrogens with zero attached hydrogens (tertiary/aromatic N) is 1. The minimum atomic E-state index is 0.253. The van der Waals surface area contributed by atoms with Crippen molar-refractivity contribution in [3.05, 3.63) is 56.5 Å². The highest BCUT2D eigenvalue weighted by Gasteiger charge is 2.19. The van der Waals surface area contributed by atoms with Crippen molar-refractivity contribution >= 4 is 17.4 Å². The monoisotopic (exact) mass is 383 g/mol. The number of benzene rings is 1. The van der Waals surface area contributed by atoms with Crippen molar-refractivity contribution in [2.45, 2.75) is 86.0 Å². The molecule has 3 rings (SSSR count). The molecule has 1 aliphatic rings. The fourth-order valence-corrected chi connectivity index (χ4v) is 4.03. The average Bonchev–Trinajstić information content (AvgIpc) is 3.21. The number of aromatic nitrogens is 1. The van der Waals surface area contributed by atoms with E-state index >= 15 is 0 Å². The van der Waals surface area contributed by atoms with Gasteiger partial charge < -0.3 is 0 Å². The van der Waals surface area contributed by atoms with Gasteiger partial charge in [-0.2, -0.15) is 0 Å². The Bertz CT molecular complexity index is 762. The Kier molecular flexibility index (Phi) is 7.08. The van der Waals surface area contributed by atoms with Crippen LogP contribution in [0.15, 0.2) is 29.2 Å². The van der Waals surface area contributed by atoms with Crippen LogP contribution in [0.3, 0.4) is 0 Å². The minimum absolute atomic E-state index is 0.253. The molecule has 1 nitrogen and oxygen atoms in total. The van der Waals surface area contributed by atoms with Crippen LogP contribution < -0.4 is 0 Å². The van der Waals surface area contributed by atoms with E-state index in [2.05, 4.69) is 97.0 Å². The van der Waals surface area contributed by atoms with Crippen LogP contribution in [0.1, 0.15) is 102 Å². The van der Waals surface area contributed by atoms with Crippen LogP contribution >= 0.6 is 11.3 Å². The molecule has 27 heavy (non-hydrogen) atoms. The fraction of sp³-hybridized carbons (Fsp3) is 0.560. The van der Waals surface area contributed by atoms with Gasteiger partial charge in [-0.25, -0.2) is 4.98 Å². The Balaban J connectivity index is 0.000000208. The predicted octanol–water partition coefficient (Wildman–Crippen LogP) is 7.97. The van der Waals surface area contributed by atoms with Crippen molar-refractivity contribution in [3.63, 3.8) is 0 Å². The lowest BCUT2D eigenvalue weighted by atomic mass is 9.85. The van der Waals surface area contributed by atoms with Gasteiger partial charge in [0.25, 0.3) is 0 Å². The number of thiazole rings is 1. The zero-order valence-electron chi connectivity index (χ0n) is 18.7. The lowest BCUT2D eigenvalue weighted by Crippen LogP contribution is -2.11. The average molecular weight is 384 g/mol. The van der Waals surface area contributed by atoms with Gasteiger partial charge in [0.15, 0.2) is 0 Å². The molecule has 1 aliphatic carbocycles. The van der Waals surface area contributed by atoms with Gasteiger partial charge in [-0.05, 0) is 40.4 Å². The summed E-state index contributed by atoms with van der Waals surface area (Å²) in [5.74, 6) is 1.82. The third kappa shape index (κ3) is 5.78. The molecular weight excluding hydrogens is 346 g/mol. The summed E-state index contributed by atoms with van der Waals surface area (Å²) in [5.41, 5.74) is 7.43. The predicted molar refractivity (Wildman–Crippen MR) is 122 cm³/mol. The molecule has 0 atom stereocenters. The Labute approximate surface area is 170 Å². The number of rotatable bonds is 3. The van der Waals surface area contributed by atoms with Crippen LogP contribution in [0.2, 0.25) is 0 Å². The summed E-state index contributed by atoms with van der Waals surface area (Å²) < 4.78 is 0. The Morgan fingerprint density at radius 2 is 1.59 bits per heavy atom. The van der Waals surface area contributed by atoms with Crippen molar-refractivity contribution in [2.75, 3.05) is 0 Å². The standard InChI is InChI=1S/C16H22.C9H15NS/c1-11(2)13-8-12-6-7-15(16(3,4)5)10-14(12)9-13;1-6(2)8-5-11-9(10-8)7(3)4/h6-7,9-11H,8H2,1-5H3;5-7H,1-4H3. The molecule has 0 saturated carbocycles. The largest absolute Gasteiger partial charge is 0.246 e. The maximum atomic E-state index is 4.53. The summed E-state index contributed by atoms with van der Waals surface area (Å²) in [7, 11) is 0. The maximum Gasteiger partial charge on any atom is 0.0953 e. The molecule has 0 saturated heterocycles. The second-order valence-electron chi connectivity index (χ2n) is 9.63.